The van der Waals surface area contributed by atoms with Gasteiger partial charge >= 0.3 is 0 Å². The molecule has 0 saturated carbocycles. The maximum absolute atomic E-state index is 13.6. The minimum Gasteiger partial charge on any atom is -0.381 e. The highest BCUT2D eigenvalue weighted by Gasteiger charge is 2.26. The zero-order valence-corrected chi connectivity index (χ0v) is 11.8. The molecule has 1 atom stereocenters. The second kappa shape index (κ2) is 4.82. The molecule has 0 aliphatic heterocycles. The van der Waals surface area contributed by atoms with Crippen molar-refractivity contribution in [1.82, 2.24) is 0 Å². The third-order valence-corrected chi connectivity index (χ3v) is 3.61. The van der Waals surface area contributed by atoms with Crippen molar-refractivity contribution in [2.24, 2.45) is 0 Å². The molecule has 0 bridgehead atoms. The van der Waals surface area contributed by atoms with Crippen LogP contribution in [0, 0.1) is 12.7 Å². The Morgan fingerprint density at radius 3 is 2.39 bits per heavy atom. The number of hydrogen-bond donors (Lipinski definition) is 1. The normalized spacial score (nSPS) is 14.3. The first-order valence-corrected chi connectivity index (χ1v) is 6.45. The summed E-state index contributed by atoms with van der Waals surface area (Å²) in [5, 5.41) is 10.6. The summed E-state index contributed by atoms with van der Waals surface area (Å²) < 4.78 is 14.5. The Bertz CT molecular complexity index is 578. The van der Waals surface area contributed by atoms with E-state index in [9.17, 15) is 9.50 Å². The van der Waals surface area contributed by atoms with Gasteiger partial charge in [-0.05, 0) is 48.7 Å². The smallest absolute Gasteiger partial charge is 0.126 e. The molecule has 1 N–H and O–H groups in total. The molecule has 0 radical (unpaired) electrons. The van der Waals surface area contributed by atoms with Crippen LogP contribution in [0.3, 0.4) is 0 Å². The maximum Gasteiger partial charge on any atom is 0.126 e. The molecule has 94 valence electrons. The first-order chi connectivity index (χ1) is 8.41. The van der Waals surface area contributed by atoms with Crippen LogP contribution in [0.2, 0.25) is 0 Å². The Balaban J connectivity index is 2.50. The number of aryl methyl sites for hydroxylation is 1. The molecule has 2 aromatic carbocycles. The van der Waals surface area contributed by atoms with Gasteiger partial charge in [0, 0.05) is 4.47 Å². The Labute approximate surface area is 114 Å². The predicted molar refractivity (Wildman–Crippen MR) is 74.0 cm³/mol. The lowest BCUT2D eigenvalue weighted by Gasteiger charge is -2.25. The van der Waals surface area contributed by atoms with Crippen molar-refractivity contribution in [2.45, 2.75) is 19.4 Å². The molecule has 0 spiro atoms. The van der Waals surface area contributed by atoms with E-state index in [1.807, 2.05) is 24.3 Å². The minimum atomic E-state index is -1.21. The van der Waals surface area contributed by atoms with Gasteiger partial charge in [0.2, 0.25) is 0 Å². The third-order valence-electron chi connectivity index (χ3n) is 3.12. The van der Waals surface area contributed by atoms with Crippen LogP contribution in [-0.2, 0) is 5.60 Å². The summed E-state index contributed by atoms with van der Waals surface area (Å²) in [6, 6.07) is 12.2. The Morgan fingerprint density at radius 1 is 1.11 bits per heavy atom. The van der Waals surface area contributed by atoms with Crippen molar-refractivity contribution in [3.8, 4) is 0 Å². The topological polar surface area (TPSA) is 20.2 Å². The minimum absolute atomic E-state index is 0.303. The first-order valence-electron chi connectivity index (χ1n) is 5.66. The molecule has 18 heavy (non-hydrogen) atoms. The number of halogens is 2. The molecular formula is C15H14BrFO. The van der Waals surface area contributed by atoms with E-state index < -0.39 is 5.60 Å². The molecular weight excluding hydrogens is 295 g/mol. The maximum atomic E-state index is 13.6. The van der Waals surface area contributed by atoms with Crippen LogP contribution in [0.1, 0.15) is 23.6 Å². The average molecular weight is 309 g/mol. The zero-order valence-electron chi connectivity index (χ0n) is 10.2. The highest BCUT2D eigenvalue weighted by Crippen LogP contribution is 2.31. The average Bonchev–Trinajstić information content (AvgIpc) is 2.32. The van der Waals surface area contributed by atoms with Crippen molar-refractivity contribution >= 4 is 15.9 Å². The Morgan fingerprint density at radius 2 is 1.78 bits per heavy atom. The highest BCUT2D eigenvalue weighted by molar-refractivity contribution is 9.10. The van der Waals surface area contributed by atoms with Crippen molar-refractivity contribution in [2.75, 3.05) is 0 Å². The molecule has 2 rings (SSSR count). The molecule has 0 saturated heterocycles. The second-order valence-electron chi connectivity index (χ2n) is 4.55. The van der Waals surface area contributed by atoms with Crippen LogP contribution in [0.5, 0.6) is 0 Å². The third kappa shape index (κ3) is 2.47. The molecule has 0 aromatic heterocycles. The molecule has 0 fully saturated rings. The Hall–Kier alpha value is -1.19. The van der Waals surface area contributed by atoms with E-state index >= 15 is 0 Å². The van der Waals surface area contributed by atoms with Crippen LogP contribution in [0.15, 0.2) is 46.9 Å². The molecule has 1 nitrogen and oxygen atoms in total. The number of rotatable bonds is 2. The van der Waals surface area contributed by atoms with Gasteiger partial charge in [0.15, 0.2) is 0 Å². The van der Waals surface area contributed by atoms with Gasteiger partial charge in [0.1, 0.15) is 11.4 Å². The van der Waals surface area contributed by atoms with Crippen LogP contribution < -0.4 is 0 Å². The molecule has 3 heteroatoms. The first kappa shape index (κ1) is 13.2. The van der Waals surface area contributed by atoms with Crippen LogP contribution in [-0.4, -0.2) is 5.11 Å². The standard InChI is InChI=1S/C15H14BrFO/c1-10-6-7-12(9-14(10)17)15(2,18)11-4-3-5-13(16)8-11/h3-9,18H,1-2H3. The van der Waals surface area contributed by atoms with E-state index in [4.69, 9.17) is 0 Å². The van der Waals surface area contributed by atoms with Crippen molar-refractivity contribution in [3.05, 3.63) is 69.4 Å². The van der Waals surface area contributed by atoms with Gasteiger partial charge in [0.25, 0.3) is 0 Å². The summed E-state index contributed by atoms with van der Waals surface area (Å²) in [7, 11) is 0. The molecule has 2 aromatic rings. The summed E-state index contributed by atoms with van der Waals surface area (Å²) in [6.07, 6.45) is 0. The van der Waals surface area contributed by atoms with Gasteiger partial charge in [-0.25, -0.2) is 4.39 Å². The fourth-order valence-electron chi connectivity index (χ4n) is 1.85. The van der Waals surface area contributed by atoms with E-state index in [-0.39, 0.29) is 5.82 Å². The molecule has 1 unspecified atom stereocenters. The van der Waals surface area contributed by atoms with E-state index in [2.05, 4.69) is 15.9 Å². The second-order valence-corrected chi connectivity index (χ2v) is 5.46. The largest absolute Gasteiger partial charge is 0.381 e. The summed E-state index contributed by atoms with van der Waals surface area (Å²) in [4.78, 5) is 0. The lowest BCUT2D eigenvalue weighted by molar-refractivity contribution is 0.102. The quantitative estimate of drug-likeness (QED) is 0.883. The van der Waals surface area contributed by atoms with Gasteiger partial charge < -0.3 is 5.11 Å². The van der Waals surface area contributed by atoms with Gasteiger partial charge in [0.05, 0.1) is 0 Å². The van der Waals surface area contributed by atoms with Crippen molar-refractivity contribution < 1.29 is 9.50 Å². The number of benzene rings is 2. The van der Waals surface area contributed by atoms with E-state index in [0.29, 0.717) is 11.1 Å². The van der Waals surface area contributed by atoms with Crippen LogP contribution in [0.25, 0.3) is 0 Å². The summed E-state index contributed by atoms with van der Waals surface area (Å²) >= 11 is 3.37. The van der Waals surface area contributed by atoms with Gasteiger partial charge in [-0.2, -0.15) is 0 Å². The lowest BCUT2D eigenvalue weighted by atomic mass is 9.88. The zero-order chi connectivity index (χ0) is 13.3. The van der Waals surface area contributed by atoms with Gasteiger partial charge in [-0.15, -0.1) is 0 Å². The van der Waals surface area contributed by atoms with Gasteiger partial charge in [-0.3, -0.25) is 0 Å². The predicted octanol–water partition coefficient (Wildman–Crippen LogP) is 4.15. The molecule has 0 heterocycles. The van der Waals surface area contributed by atoms with Crippen LogP contribution in [0.4, 0.5) is 4.39 Å². The fraction of sp³-hybridized carbons (Fsp3) is 0.200. The van der Waals surface area contributed by atoms with Gasteiger partial charge in [-0.1, -0.05) is 40.2 Å². The lowest BCUT2D eigenvalue weighted by Crippen LogP contribution is -2.23. The molecule has 0 aliphatic carbocycles. The summed E-state index contributed by atoms with van der Waals surface area (Å²) in [5.41, 5.74) is 0.630. The Kier molecular flexibility index (Phi) is 3.55. The monoisotopic (exact) mass is 308 g/mol. The number of hydrogen-bond acceptors (Lipinski definition) is 1. The SMILES string of the molecule is Cc1ccc(C(C)(O)c2cccc(Br)c2)cc1F. The van der Waals surface area contributed by atoms with Crippen molar-refractivity contribution in [3.63, 3.8) is 0 Å². The fourth-order valence-corrected chi connectivity index (χ4v) is 2.25. The van der Waals surface area contributed by atoms with E-state index in [1.165, 1.54) is 6.07 Å². The van der Waals surface area contributed by atoms with E-state index in [0.717, 1.165) is 10.0 Å². The highest BCUT2D eigenvalue weighted by atomic mass is 79.9. The molecule has 0 amide bonds. The van der Waals surface area contributed by atoms with Crippen molar-refractivity contribution in [1.29, 1.82) is 0 Å². The summed E-state index contributed by atoms with van der Waals surface area (Å²) in [5.74, 6) is -0.303. The summed E-state index contributed by atoms with van der Waals surface area (Å²) in [6.45, 7) is 3.37. The number of aliphatic hydroxyl groups is 1. The molecule has 0 aliphatic rings. The van der Waals surface area contributed by atoms with E-state index in [1.54, 1.807) is 26.0 Å². The van der Waals surface area contributed by atoms with Crippen LogP contribution >= 0.6 is 15.9 Å².